The maximum absolute atomic E-state index is 12.8. The van der Waals surface area contributed by atoms with E-state index in [2.05, 4.69) is 20.4 Å². The molecule has 3 aromatic rings. The number of benzene rings is 1. The van der Waals surface area contributed by atoms with Crippen LogP contribution < -0.4 is 14.8 Å². The molecule has 2 aromatic heterocycles. The van der Waals surface area contributed by atoms with Crippen molar-refractivity contribution in [3.8, 4) is 11.5 Å². The predicted molar refractivity (Wildman–Crippen MR) is 111 cm³/mol. The van der Waals surface area contributed by atoms with Crippen molar-refractivity contribution in [1.29, 1.82) is 0 Å². The fourth-order valence-corrected chi connectivity index (χ4v) is 2.97. The summed E-state index contributed by atoms with van der Waals surface area (Å²) in [7, 11) is 1.40. The van der Waals surface area contributed by atoms with Gasteiger partial charge in [-0.25, -0.2) is 4.98 Å². The van der Waals surface area contributed by atoms with Gasteiger partial charge in [-0.15, -0.1) is 0 Å². The van der Waals surface area contributed by atoms with Crippen molar-refractivity contribution in [2.75, 3.05) is 7.11 Å². The van der Waals surface area contributed by atoms with Gasteiger partial charge in [0.25, 0.3) is 5.91 Å². The third-order valence-electron chi connectivity index (χ3n) is 4.76. The quantitative estimate of drug-likeness (QED) is 0.575. The van der Waals surface area contributed by atoms with Gasteiger partial charge in [0, 0.05) is 19.2 Å². The lowest BCUT2D eigenvalue weighted by atomic mass is 9.84. The maximum atomic E-state index is 12.8. The minimum absolute atomic E-state index is 0.0544. The van der Waals surface area contributed by atoms with Gasteiger partial charge in [0.1, 0.15) is 0 Å². The van der Waals surface area contributed by atoms with Crippen LogP contribution in [-0.2, 0) is 10.2 Å². The molecule has 0 bridgehead atoms. The molecule has 1 amide bonds. The molecule has 31 heavy (non-hydrogen) atoms. The Morgan fingerprint density at radius 3 is 2.52 bits per heavy atom. The number of hydrogen-bond acceptors (Lipinski definition) is 8. The lowest BCUT2D eigenvalue weighted by molar-refractivity contribution is -0.132. The Kier molecular flexibility index (Phi) is 6.33. The molecule has 9 heteroatoms. The summed E-state index contributed by atoms with van der Waals surface area (Å²) in [5.41, 5.74) is 0.427. The van der Waals surface area contributed by atoms with Crippen LogP contribution in [-0.4, -0.2) is 34.1 Å². The molecular formula is C22H24N4O5. The van der Waals surface area contributed by atoms with Crippen LogP contribution >= 0.6 is 0 Å². The first kappa shape index (κ1) is 21.9. The summed E-state index contributed by atoms with van der Waals surface area (Å²) < 4.78 is 15.8. The van der Waals surface area contributed by atoms with Gasteiger partial charge in [-0.05, 0) is 26.3 Å². The van der Waals surface area contributed by atoms with E-state index < -0.39 is 23.3 Å². The first-order chi connectivity index (χ1) is 14.7. The van der Waals surface area contributed by atoms with Gasteiger partial charge >= 0.3 is 5.97 Å². The molecule has 1 N–H and O–H groups in total. The SMILES string of the molecule is COc1ccnc(C(=O)N[C@@H](C)c2noc(C(C)(C)c3ccccc3)n2)c1OC(C)=O. The Morgan fingerprint density at radius 1 is 1.16 bits per heavy atom. The Labute approximate surface area is 179 Å². The summed E-state index contributed by atoms with van der Waals surface area (Å²) in [4.78, 5) is 32.8. The molecule has 3 rings (SSSR count). The highest BCUT2D eigenvalue weighted by Gasteiger charge is 2.31. The fourth-order valence-electron chi connectivity index (χ4n) is 2.97. The summed E-state index contributed by atoms with van der Waals surface area (Å²) >= 11 is 0. The average Bonchev–Trinajstić information content (AvgIpc) is 3.25. The van der Waals surface area contributed by atoms with Gasteiger partial charge < -0.3 is 19.3 Å². The zero-order chi connectivity index (χ0) is 22.6. The molecule has 0 saturated carbocycles. The molecule has 0 radical (unpaired) electrons. The van der Waals surface area contributed by atoms with Crippen molar-refractivity contribution in [3.63, 3.8) is 0 Å². The standard InChI is InChI=1S/C22H24N4O5/c1-13(19-25-21(31-26-19)22(3,4)15-9-7-6-8-10-15)24-20(28)17-18(30-14(2)27)16(29-5)11-12-23-17/h6-13H,1-5H3,(H,24,28)/t13-/m0/s1. The van der Waals surface area contributed by atoms with E-state index in [1.54, 1.807) is 6.92 Å². The van der Waals surface area contributed by atoms with Gasteiger partial charge in [-0.3, -0.25) is 9.59 Å². The largest absolute Gasteiger partial charge is 0.493 e. The minimum Gasteiger partial charge on any atom is -0.493 e. The number of nitrogens with one attached hydrogen (secondary N) is 1. The number of esters is 1. The molecule has 0 aliphatic heterocycles. The first-order valence-corrected chi connectivity index (χ1v) is 9.66. The van der Waals surface area contributed by atoms with E-state index in [1.165, 1.54) is 26.3 Å². The predicted octanol–water partition coefficient (Wildman–Crippen LogP) is 3.22. The lowest BCUT2D eigenvalue weighted by Crippen LogP contribution is -2.29. The number of methoxy groups -OCH3 is 1. The van der Waals surface area contributed by atoms with Crippen LogP contribution in [0, 0.1) is 0 Å². The van der Waals surface area contributed by atoms with Gasteiger partial charge in [-0.1, -0.05) is 35.5 Å². The monoisotopic (exact) mass is 424 g/mol. The highest BCUT2D eigenvalue weighted by molar-refractivity contribution is 5.96. The topological polar surface area (TPSA) is 116 Å². The van der Waals surface area contributed by atoms with Crippen LogP contribution in [0.5, 0.6) is 11.5 Å². The molecule has 0 aliphatic carbocycles. The number of rotatable bonds is 7. The Morgan fingerprint density at radius 2 is 1.87 bits per heavy atom. The number of ether oxygens (including phenoxy) is 2. The summed E-state index contributed by atoms with van der Waals surface area (Å²) in [6.45, 7) is 6.91. The van der Waals surface area contributed by atoms with Crippen LogP contribution in [0.1, 0.15) is 61.5 Å². The average molecular weight is 424 g/mol. The van der Waals surface area contributed by atoms with Crippen LogP contribution in [0.4, 0.5) is 0 Å². The molecule has 9 nitrogen and oxygen atoms in total. The highest BCUT2D eigenvalue weighted by Crippen LogP contribution is 2.31. The van der Waals surface area contributed by atoms with Crippen molar-refractivity contribution in [1.82, 2.24) is 20.4 Å². The van der Waals surface area contributed by atoms with Crippen LogP contribution in [0.2, 0.25) is 0 Å². The van der Waals surface area contributed by atoms with E-state index in [0.717, 1.165) is 5.56 Å². The summed E-state index contributed by atoms with van der Waals surface area (Å²) in [6, 6.07) is 10.7. The summed E-state index contributed by atoms with van der Waals surface area (Å²) in [6.07, 6.45) is 1.39. The van der Waals surface area contributed by atoms with Crippen molar-refractivity contribution in [2.24, 2.45) is 0 Å². The van der Waals surface area contributed by atoms with Crippen LogP contribution in [0.15, 0.2) is 47.1 Å². The van der Waals surface area contributed by atoms with E-state index in [-0.39, 0.29) is 17.2 Å². The van der Waals surface area contributed by atoms with Gasteiger partial charge in [-0.2, -0.15) is 4.98 Å². The molecule has 0 unspecified atom stereocenters. The van der Waals surface area contributed by atoms with Crippen LogP contribution in [0.3, 0.4) is 0 Å². The Balaban J connectivity index is 1.81. The second kappa shape index (κ2) is 8.95. The Hall–Kier alpha value is -3.75. The normalized spacial score (nSPS) is 12.2. The number of carbonyl (C=O) groups excluding carboxylic acids is 2. The third-order valence-corrected chi connectivity index (χ3v) is 4.76. The van der Waals surface area contributed by atoms with E-state index in [1.807, 2.05) is 44.2 Å². The molecule has 162 valence electrons. The van der Waals surface area contributed by atoms with Gasteiger partial charge in [0.15, 0.2) is 17.3 Å². The molecule has 0 spiro atoms. The maximum Gasteiger partial charge on any atom is 0.308 e. The fraction of sp³-hybridized carbons (Fsp3) is 0.318. The Bertz CT molecular complexity index is 1080. The van der Waals surface area contributed by atoms with E-state index in [0.29, 0.717) is 11.7 Å². The second-order valence-corrected chi connectivity index (χ2v) is 7.43. The second-order valence-electron chi connectivity index (χ2n) is 7.43. The first-order valence-electron chi connectivity index (χ1n) is 9.66. The zero-order valence-corrected chi connectivity index (χ0v) is 18.0. The van der Waals surface area contributed by atoms with E-state index in [4.69, 9.17) is 14.0 Å². The number of amides is 1. The van der Waals surface area contributed by atoms with Crippen molar-refractivity contribution in [2.45, 2.75) is 39.2 Å². The zero-order valence-electron chi connectivity index (χ0n) is 18.0. The number of aromatic nitrogens is 3. The lowest BCUT2D eigenvalue weighted by Gasteiger charge is -2.20. The molecule has 0 aliphatic rings. The van der Waals surface area contributed by atoms with Crippen molar-refractivity contribution < 1.29 is 23.6 Å². The number of pyridine rings is 1. The molecule has 1 aromatic carbocycles. The van der Waals surface area contributed by atoms with E-state index >= 15 is 0 Å². The molecule has 2 heterocycles. The molecule has 0 fully saturated rings. The van der Waals surface area contributed by atoms with Crippen molar-refractivity contribution >= 4 is 11.9 Å². The molecule has 1 atom stereocenters. The minimum atomic E-state index is -0.598. The van der Waals surface area contributed by atoms with Crippen molar-refractivity contribution in [3.05, 3.63) is 65.6 Å². The highest BCUT2D eigenvalue weighted by atomic mass is 16.6. The van der Waals surface area contributed by atoms with Gasteiger partial charge in [0.2, 0.25) is 11.6 Å². The number of nitrogens with zero attached hydrogens (tertiary/aromatic N) is 3. The third kappa shape index (κ3) is 4.71. The summed E-state index contributed by atoms with van der Waals surface area (Å²) in [5, 5.41) is 6.78. The van der Waals surface area contributed by atoms with Gasteiger partial charge in [0.05, 0.1) is 18.6 Å². The van der Waals surface area contributed by atoms with E-state index in [9.17, 15) is 9.59 Å². The molecule has 0 saturated heterocycles. The summed E-state index contributed by atoms with van der Waals surface area (Å²) in [5.74, 6) is -0.273. The number of carbonyl (C=O) groups is 2. The molecular weight excluding hydrogens is 400 g/mol. The number of hydrogen-bond donors (Lipinski definition) is 1. The smallest absolute Gasteiger partial charge is 0.308 e. The van der Waals surface area contributed by atoms with Crippen LogP contribution in [0.25, 0.3) is 0 Å².